The highest BCUT2D eigenvalue weighted by Gasteiger charge is 2.31. The third-order valence-corrected chi connectivity index (χ3v) is 5.12. The van der Waals surface area contributed by atoms with Crippen LogP contribution in [0.3, 0.4) is 0 Å². The molecule has 1 aliphatic heterocycles. The number of nitrogens with one attached hydrogen (secondary N) is 1. The summed E-state index contributed by atoms with van der Waals surface area (Å²) in [4.78, 5) is 2.68. The molecular weight excluding hydrogens is 256 g/mol. The Morgan fingerprint density at radius 1 is 1.19 bits per heavy atom. The van der Waals surface area contributed by atoms with Gasteiger partial charge in [-0.05, 0) is 50.8 Å². The molecule has 1 N–H and O–H groups in total. The number of aryl methyl sites for hydroxylation is 1. The Bertz CT molecular complexity index is 424. The molecule has 2 rings (SSSR count). The van der Waals surface area contributed by atoms with Crippen molar-refractivity contribution in [3.05, 3.63) is 35.4 Å². The summed E-state index contributed by atoms with van der Waals surface area (Å²) in [6.45, 7) is 15.0. The molecule has 2 heteroatoms. The summed E-state index contributed by atoms with van der Waals surface area (Å²) in [6, 6.07) is 10.0. The van der Waals surface area contributed by atoms with E-state index in [-0.39, 0.29) is 0 Å². The van der Waals surface area contributed by atoms with Gasteiger partial charge in [-0.1, -0.05) is 50.6 Å². The van der Waals surface area contributed by atoms with Gasteiger partial charge in [0.15, 0.2) is 0 Å². The lowest BCUT2D eigenvalue weighted by molar-refractivity contribution is 0.195. The lowest BCUT2D eigenvalue weighted by atomic mass is 9.95. The maximum Gasteiger partial charge on any atom is 0.0475 e. The van der Waals surface area contributed by atoms with Crippen LogP contribution < -0.4 is 5.32 Å². The van der Waals surface area contributed by atoms with Crippen molar-refractivity contribution in [2.24, 2.45) is 11.8 Å². The maximum absolute atomic E-state index is 3.70. The number of likely N-dealkylation sites (N-methyl/N-ethyl adjacent to an activating group) is 1. The number of benzene rings is 1. The minimum atomic E-state index is 0.432. The van der Waals surface area contributed by atoms with Gasteiger partial charge in [-0.25, -0.2) is 0 Å². The van der Waals surface area contributed by atoms with Crippen molar-refractivity contribution in [3.8, 4) is 0 Å². The summed E-state index contributed by atoms with van der Waals surface area (Å²) < 4.78 is 0. The van der Waals surface area contributed by atoms with Gasteiger partial charge in [-0.2, -0.15) is 0 Å². The lowest BCUT2D eigenvalue weighted by Crippen LogP contribution is -2.42. The minimum Gasteiger partial charge on any atom is -0.309 e. The van der Waals surface area contributed by atoms with E-state index >= 15 is 0 Å². The molecule has 0 aromatic heterocycles. The Balaban J connectivity index is 2.09. The molecule has 1 aromatic carbocycles. The zero-order valence-electron chi connectivity index (χ0n) is 14.4. The van der Waals surface area contributed by atoms with Gasteiger partial charge in [0.25, 0.3) is 0 Å². The van der Waals surface area contributed by atoms with Crippen LogP contribution in [0.25, 0.3) is 0 Å². The molecule has 1 heterocycles. The third-order valence-electron chi connectivity index (χ3n) is 5.12. The van der Waals surface area contributed by atoms with Gasteiger partial charge >= 0.3 is 0 Å². The zero-order chi connectivity index (χ0) is 15.4. The summed E-state index contributed by atoms with van der Waals surface area (Å²) in [5, 5.41) is 3.70. The van der Waals surface area contributed by atoms with Crippen LogP contribution >= 0.6 is 0 Å². The van der Waals surface area contributed by atoms with Crippen LogP contribution in [0.5, 0.6) is 0 Å². The first-order chi connectivity index (χ1) is 10.0. The highest BCUT2D eigenvalue weighted by atomic mass is 15.2. The Morgan fingerprint density at radius 2 is 1.86 bits per heavy atom. The second kappa shape index (κ2) is 7.42. The Kier molecular flexibility index (Phi) is 5.83. The van der Waals surface area contributed by atoms with Gasteiger partial charge in [0.1, 0.15) is 0 Å². The molecule has 1 aromatic rings. The zero-order valence-corrected chi connectivity index (χ0v) is 14.4. The molecule has 21 heavy (non-hydrogen) atoms. The Morgan fingerprint density at radius 3 is 2.38 bits per heavy atom. The molecular formula is C19H32N2. The second-order valence-corrected chi connectivity index (χ2v) is 6.97. The number of hydrogen-bond donors (Lipinski definition) is 1. The summed E-state index contributed by atoms with van der Waals surface area (Å²) >= 11 is 0. The van der Waals surface area contributed by atoms with E-state index in [1.54, 1.807) is 0 Å². The molecule has 0 aliphatic carbocycles. The summed E-state index contributed by atoms with van der Waals surface area (Å²) in [7, 11) is 0. The molecule has 1 fully saturated rings. The molecule has 1 aliphatic rings. The first-order valence-corrected chi connectivity index (χ1v) is 8.57. The van der Waals surface area contributed by atoms with Crippen molar-refractivity contribution in [2.45, 2.75) is 53.1 Å². The SMILES string of the molecule is CCNC(c1ccc(C)cc1)C(C)N1CCC(C(C)C)C1. The Hall–Kier alpha value is -0.860. The quantitative estimate of drug-likeness (QED) is 0.851. The summed E-state index contributed by atoms with van der Waals surface area (Å²) in [5.74, 6) is 1.67. The molecule has 0 spiro atoms. The van der Waals surface area contributed by atoms with E-state index in [0.717, 1.165) is 18.4 Å². The molecule has 0 radical (unpaired) electrons. The van der Waals surface area contributed by atoms with Gasteiger partial charge < -0.3 is 5.32 Å². The van der Waals surface area contributed by atoms with Crippen LogP contribution in [0, 0.1) is 18.8 Å². The van der Waals surface area contributed by atoms with Crippen LogP contribution in [0.2, 0.25) is 0 Å². The third kappa shape index (κ3) is 4.08. The molecule has 0 amide bonds. The Labute approximate surface area is 130 Å². The van der Waals surface area contributed by atoms with Crippen LogP contribution in [-0.4, -0.2) is 30.6 Å². The van der Waals surface area contributed by atoms with Crippen LogP contribution in [0.4, 0.5) is 0 Å². The van der Waals surface area contributed by atoms with E-state index in [1.165, 1.54) is 30.6 Å². The molecule has 2 nitrogen and oxygen atoms in total. The second-order valence-electron chi connectivity index (χ2n) is 6.97. The predicted molar refractivity (Wildman–Crippen MR) is 91.6 cm³/mol. The van der Waals surface area contributed by atoms with Gasteiger partial charge in [-0.3, -0.25) is 4.90 Å². The van der Waals surface area contributed by atoms with E-state index in [9.17, 15) is 0 Å². The number of rotatable bonds is 6. The van der Waals surface area contributed by atoms with Crippen molar-refractivity contribution < 1.29 is 0 Å². The molecule has 0 bridgehead atoms. The van der Waals surface area contributed by atoms with Crippen molar-refractivity contribution in [2.75, 3.05) is 19.6 Å². The van der Waals surface area contributed by atoms with E-state index in [4.69, 9.17) is 0 Å². The fourth-order valence-electron chi connectivity index (χ4n) is 3.50. The standard InChI is InChI=1S/C19H32N2/c1-6-20-19(17-9-7-15(4)8-10-17)16(5)21-12-11-18(13-21)14(2)3/h7-10,14,16,18-20H,6,11-13H2,1-5H3. The van der Waals surface area contributed by atoms with Crippen LogP contribution in [0.1, 0.15) is 51.3 Å². The maximum atomic E-state index is 3.70. The van der Waals surface area contributed by atoms with Crippen LogP contribution in [-0.2, 0) is 0 Å². The van der Waals surface area contributed by atoms with Gasteiger partial charge in [-0.15, -0.1) is 0 Å². The summed E-state index contributed by atoms with van der Waals surface area (Å²) in [6.07, 6.45) is 1.36. The van der Waals surface area contributed by atoms with E-state index < -0.39 is 0 Å². The minimum absolute atomic E-state index is 0.432. The van der Waals surface area contributed by atoms with Crippen molar-refractivity contribution in [1.29, 1.82) is 0 Å². The highest BCUT2D eigenvalue weighted by molar-refractivity contribution is 5.25. The smallest absolute Gasteiger partial charge is 0.0475 e. The highest BCUT2D eigenvalue weighted by Crippen LogP contribution is 2.29. The number of hydrogen-bond acceptors (Lipinski definition) is 2. The lowest BCUT2D eigenvalue weighted by Gasteiger charge is -2.33. The first kappa shape index (κ1) is 16.5. The molecule has 0 saturated carbocycles. The van der Waals surface area contributed by atoms with E-state index in [0.29, 0.717) is 12.1 Å². The fraction of sp³-hybridized carbons (Fsp3) is 0.684. The largest absolute Gasteiger partial charge is 0.309 e. The average Bonchev–Trinajstić information content (AvgIpc) is 2.95. The van der Waals surface area contributed by atoms with Gasteiger partial charge in [0.2, 0.25) is 0 Å². The normalized spacial score (nSPS) is 22.7. The van der Waals surface area contributed by atoms with Crippen LogP contribution in [0.15, 0.2) is 24.3 Å². The number of nitrogens with zero attached hydrogens (tertiary/aromatic N) is 1. The molecule has 3 unspecified atom stereocenters. The fourth-order valence-corrected chi connectivity index (χ4v) is 3.50. The first-order valence-electron chi connectivity index (χ1n) is 8.57. The monoisotopic (exact) mass is 288 g/mol. The number of likely N-dealkylation sites (tertiary alicyclic amines) is 1. The van der Waals surface area contributed by atoms with E-state index in [1.807, 2.05) is 0 Å². The topological polar surface area (TPSA) is 15.3 Å². The predicted octanol–water partition coefficient (Wildman–Crippen LogP) is 4.01. The van der Waals surface area contributed by atoms with E-state index in [2.05, 4.69) is 69.1 Å². The summed E-state index contributed by atoms with van der Waals surface area (Å²) in [5.41, 5.74) is 2.76. The molecule has 3 atom stereocenters. The average molecular weight is 288 g/mol. The van der Waals surface area contributed by atoms with Crippen molar-refractivity contribution in [1.82, 2.24) is 10.2 Å². The molecule has 118 valence electrons. The van der Waals surface area contributed by atoms with Gasteiger partial charge in [0, 0.05) is 18.6 Å². The molecule has 1 saturated heterocycles. The van der Waals surface area contributed by atoms with Crippen molar-refractivity contribution in [3.63, 3.8) is 0 Å². The van der Waals surface area contributed by atoms with Gasteiger partial charge in [0.05, 0.1) is 0 Å². The van der Waals surface area contributed by atoms with Crippen molar-refractivity contribution >= 4 is 0 Å².